The van der Waals surface area contributed by atoms with E-state index in [0.29, 0.717) is 0 Å². The second kappa shape index (κ2) is 14.5. The predicted octanol–water partition coefficient (Wildman–Crippen LogP) is 17.1. The first-order valence-electron chi connectivity index (χ1n) is 20.7. The molecule has 11 aromatic rings. The van der Waals surface area contributed by atoms with Crippen LogP contribution in [0.2, 0.25) is 0 Å². The second-order valence-electron chi connectivity index (χ2n) is 15.6. The third-order valence-corrected chi connectivity index (χ3v) is 13.3. The highest BCUT2D eigenvalue weighted by Gasteiger charge is 2.28. The summed E-state index contributed by atoms with van der Waals surface area (Å²) in [5.41, 5.74) is 14.6. The van der Waals surface area contributed by atoms with Crippen molar-refractivity contribution in [2.75, 3.05) is 4.90 Å². The molecular formula is C58H37NOS. The van der Waals surface area contributed by atoms with E-state index in [1.807, 2.05) is 11.3 Å². The van der Waals surface area contributed by atoms with E-state index in [-0.39, 0.29) is 0 Å². The summed E-state index contributed by atoms with van der Waals surface area (Å²) in [5, 5.41) is 4.99. The Morgan fingerprint density at radius 2 is 0.918 bits per heavy atom. The molecule has 0 N–H and O–H groups in total. The smallest absolute Gasteiger partial charge is 0.137 e. The van der Waals surface area contributed by atoms with Crippen LogP contribution in [0.15, 0.2) is 224 Å². The van der Waals surface area contributed by atoms with Crippen LogP contribution in [0.5, 0.6) is 11.5 Å². The third-order valence-electron chi connectivity index (χ3n) is 12.1. The number of thiophene rings is 1. The summed E-state index contributed by atoms with van der Waals surface area (Å²) in [4.78, 5) is 2.39. The number of fused-ring (bicyclic) bond motifs is 9. The largest absolute Gasteiger partial charge is 0.456 e. The summed E-state index contributed by atoms with van der Waals surface area (Å²) >= 11 is 1.87. The first kappa shape index (κ1) is 35.2. The molecule has 0 atom stereocenters. The van der Waals surface area contributed by atoms with Crippen LogP contribution >= 0.6 is 11.3 Å². The molecule has 12 rings (SSSR count). The SMILES string of the molecule is c1ccc(-c2ccc(N(c3ccc(-c4cccc5c4sc4ccccc45)cc3)c3cccc4c3-c3cc5ccccc5cc3-c3ccc(-c5ccccc5)cc3O4)cc2)cc1. The summed E-state index contributed by atoms with van der Waals surface area (Å²) in [6.45, 7) is 0. The Hall–Kier alpha value is -7.72. The molecule has 1 aliphatic heterocycles. The van der Waals surface area contributed by atoms with E-state index in [2.05, 4.69) is 229 Å². The zero-order valence-corrected chi connectivity index (χ0v) is 33.9. The van der Waals surface area contributed by atoms with E-state index in [1.54, 1.807) is 0 Å². The van der Waals surface area contributed by atoms with Gasteiger partial charge in [-0.25, -0.2) is 0 Å². The molecule has 0 fully saturated rings. The molecule has 286 valence electrons. The molecule has 1 aliphatic rings. The van der Waals surface area contributed by atoms with Gasteiger partial charge in [-0.2, -0.15) is 0 Å². The van der Waals surface area contributed by atoms with Gasteiger partial charge in [-0.1, -0.05) is 158 Å². The summed E-state index contributed by atoms with van der Waals surface area (Å²) < 4.78 is 9.75. The fraction of sp³-hybridized carbons (Fsp3) is 0. The Balaban J connectivity index is 1.06. The Kier molecular flexibility index (Phi) is 8.39. The maximum Gasteiger partial charge on any atom is 0.137 e. The number of anilines is 3. The van der Waals surface area contributed by atoms with E-state index >= 15 is 0 Å². The minimum Gasteiger partial charge on any atom is -0.456 e. The minimum absolute atomic E-state index is 0.817. The summed E-state index contributed by atoms with van der Waals surface area (Å²) in [7, 11) is 0. The average molecular weight is 796 g/mol. The standard InChI is InChI=1S/C58H37NOS/c1-3-13-38(14-4-1)40-25-30-45(31-26-40)59(46-32-27-41(28-33-46)47-20-11-21-50-49-19-9-10-24-56(49)61-58(47)50)53-22-12-23-54-57(53)52-36-43-18-8-7-17-42(43)35-51(52)48-34-29-44(37-55(48)60-54)39-15-5-2-6-16-39/h1-37H. The van der Waals surface area contributed by atoms with Crippen LogP contribution in [-0.2, 0) is 0 Å². The molecule has 0 saturated heterocycles. The van der Waals surface area contributed by atoms with Crippen molar-refractivity contribution in [1.82, 2.24) is 0 Å². The van der Waals surface area contributed by atoms with Crippen LogP contribution in [0.4, 0.5) is 17.1 Å². The molecule has 2 nitrogen and oxygen atoms in total. The molecule has 0 bridgehead atoms. The molecule has 1 aromatic heterocycles. The van der Waals surface area contributed by atoms with E-state index in [1.165, 1.54) is 53.2 Å². The number of hydrogen-bond donors (Lipinski definition) is 0. The average Bonchev–Trinajstić information content (AvgIpc) is 3.65. The lowest BCUT2D eigenvalue weighted by Gasteiger charge is -2.29. The van der Waals surface area contributed by atoms with Gasteiger partial charge in [-0.3, -0.25) is 0 Å². The number of nitrogens with zero attached hydrogens (tertiary/aromatic N) is 1. The highest BCUT2D eigenvalue weighted by molar-refractivity contribution is 7.26. The van der Waals surface area contributed by atoms with Crippen LogP contribution in [0.3, 0.4) is 0 Å². The topological polar surface area (TPSA) is 12.5 Å². The van der Waals surface area contributed by atoms with Crippen LogP contribution in [0.25, 0.3) is 86.6 Å². The normalized spacial score (nSPS) is 11.7. The molecule has 3 heteroatoms. The van der Waals surface area contributed by atoms with Crippen molar-refractivity contribution in [2.24, 2.45) is 0 Å². The molecule has 0 aliphatic carbocycles. The van der Waals surface area contributed by atoms with Crippen LogP contribution in [0, 0.1) is 0 Å². The lowest BCUT2D eigenvalue weighted by molar-refractivity contribution is 0.488. The molecule has 0 radical (unpaired) electrons. The van der Waals surface area contributed by atoms with Gasteiger partial charge >= 0.3 is 0 Å². The monoisotopic (exact) mass is 795 g/mol. The quantitative estimate of drug-likeness (QED) is 0.166. The van der Waals surface area contributed by atoms with Gasteiger partial charge in [0.15, 0.2) is 0 Å². The zero-order chi connectivity index (χ0) is 40.3. The maximum absolute atomic E-state index is 7.13. The van der Waals surface area contributed by atoms with Crippen LogP contribution in [0.1, 0.15) is 0 Å². The molecule has 0 saturated carbocycles. The number of benzene rings is 10. The second-order valence-corrected chi connectivity index (χ2v) is 16.7. The lowest BCUT2D eigenvalue weighted by atomic mass is 9.89. The fourth-order valence-corrected chi connectivity index (χ4v) is 10.4. The Bertz CT molecular complexity index is 3420. The van der Waals surface area contributed by atoms with E-state index < -0.39 is 0 Å². The van der Waals surface area contributed by atoms with Gasteiger partial charge in [0.25, 0.3) is 0 Å². The highest BCUT2D eigenvalue weighted by Crippen LogP contribution is 2.54. The van der Waals surface area contributed by atoms with Crippen molar-refractivity contribution in [2.45, 2.75) is 0 Å². The first-order valence-corrected chi connectivity index (χ1v) is 21.6. The molecule has 0 unspecified atom stereocenters. The van der Waals surface area contributed by atoms with Gasteiger partial charge in [0.2, 0.25) is 0 Å². The van der Waals surface area contributed by atoms with Crippen molar-refractivity contribution >= 4 is 59.3 Å². The van der Waals surface area contributed by atoms with E-state index in [9.17, 15) is 0 Å². The molecular weight excluding hydrogens is 759 g/mol. The first-order chi connectivity index (χ1) is 30.2. The van der Waals surface area contributed by atoms with Gasteiger partial charge in [0.05, 0.1) is 5.69 Å². The lowest BCUT2D eigenvalue weighted by Crippen LogP contribution is -2.11. The van der Waals surface area contributed by atoms with Crippen molar-refractivity contribution in [3.8, 4) is 67.1 Å². The molecule has 0 amide bonds. The summed E-state index contributed by atoms with van der Waals surface area (Å²) in [5.74, 6) is 1.66. The molecule has 2 heterocycles. The molecule has 61 heavy (non-hydrogen) atoms. The van der Waals surface area contributed by atoms with E-state index in [0.717, 1.165) is 61.9 Å². The van der Waals surface area contributed by atoms with Crippen LogP contribution in [-0.4, -0.2) is 0 Å². The van der Waals surface area contributed by atoms with E-state index in [4.69, 9.17) is 4.74 Å². The van der Waals surface area contributed by atoms with Gasteiger partial charge in [0.1, 0.15) is 11.5 Å². The molecule has 0 spiro atoms. The fourth-order valence-electron chi connectivity index (χ4n) is 9.11. The Morgan fingerprint density at radius 1 is 0.344 bits per heavy atom. The van der Waals surface area contributed by atoms with Crippen molar-refractivity contribution in [1.29, 1.82) is 0 Å². The van der Waals surface area contributed by atoms with Crippen molar-refractivity contribution in [3.63, 3.8) is 0 Å². The van der Waals surface area contributed by atoms with Gasteiger partial charge in [0, 0.05) is 42.7 Å². The molecule has 10 aromatic carbocycles. The number of rotatable bonds is 6. The maximum atomic E-state index is 7.13. The minimum atomic E-state index is 0.817. The van der Waals surface area contributed by atoms with Gasteiger partial charge in [-0.15, -0.1) is 11.3 Å². The number of ether oxygens (including phenoxy) is 1. The van der Waals surface area contributed by atoms with Crippen LogP contribution < -0.4 is 9.64 Å². The predicted molar refractivity (Wildman–Crippen MR) is 259 cm³/mol. The summed E-state index contributed by atoms with van der Waals surface area (Å²) in [6.07, 6.45) is 0. The zero-order valence-electron chi connectivity index (χ0n) is 33.1. The van der Waals surface area contributed by atoms with Crippen molar-refractivity contribution < 1.29 is 4.74 Å². The highest BCUT2D eigenvalue weighted by atomic mass is 32.1. The Labute approximate surface area is 358 Å². The summed E-state index contributed by atoms with van der Waals surface area (Å²) in [6, 6.07) is 81.0. The third kappa shape index (κ3) is 6.09. The number of hydrogen-bond acceptors (Lipinski definition) is 3. The Morgan fingerprint density at radius 3 is 1.66 bits per heavy atom. The van der Waals surface area contributed by atoms with Crippen molar-refractivity contribution in [3.05, 3.63) is 224 Å². The van der Waals surface area contributed by atoms with Gasteiger partial charge in [-0.05, 0) is 122 Å². The van der Waals surface area contributed by atoms with Gasteiger partial charge < -0.3 is 9.64 Å².